The van der Waals surface area contributed by atoms with Gasteiger partial charge in [0, 0.05) is 55.3 Å². The molecule has 90 valence electrons. The Morgan fingerprint density at radius 3 is 2.40 bits per heavy atom. The third-order valence-corrected chi connectivity index (χ3v) is 4.08. The van der Waals surface area contributed by atoms with Gasteiger partial charge in [-0.05, 0) is 6.42 Å². The Bertz CT molecular complexity index is 207. The highest BCUT2D eigenvalue weighted by Gasteiger charge is 2.42. The first-order chi connectivity index (χ1) is 7.06. The van der Waals surface area contributed by atoms with E-state index in [1.807, 2.05) is 13.8 Å². The van der Waals surface area contributed by atoms with Crippen molar-refractivity contribution in [3.63, 3.8) is 0 Å². The van der Waals surface area contributed by atoms with Crippen LogP contribution in [0.15, 0.2) is 0 Å². The van der Waals surface area contributed by atoms with Gasteiger partial charge in [-0.2, -0.15) is 0 Å². The molecule has 0 aromatic rings. The lowest BCUT2D eigenvalue weighted by atomic mass is 10.0. The van der Waals surface area contributed by atoms with Gasteiger partial charge in [-0.15, -0.1) is 11.8 Å². The monoisotopic (exact) mass is 460 g/mol. The molecule has 1 unspecified atom stereocenters. The lowest BCUT2D eigenvalue weighted by Gasteiger charge is -2.13. The van der Waals surface area contributed by atoms with Gasteiger partial charge in [0.1, 0.15) is 0 Å². The summed E-state index contributed by atoms with van der Waals surface area (Å²) in [5.41, 5.74) is -0.586. The van der Waals surface area contributed by atoms with Gasteiger partial charge in [-0.25, -0.2) is 4.39 Å². The normalized spacial score (nSPS) is 34.3. The van der Waals surface area contributed by atoms with Crippen LogP contribution in [0.25, 0.3) is 0 Å². The maximum atomic E-state index is 13.5. The first-order valence-corrected chi connectivity index (χ1v) is 11.9. The lowest BCUT2D eigenvalue weighted by molar-refractivity contribution is -0.144. The van der Waals surface area contributed by atoms with E-state index in [9.17, 15) is 9.18 Å². The summed E-state index contributed by atoms with van der Waals surface area (Å²) in [7, 11) is 0. The van der Waals surface area contributed by atoms with E-state index < -0.39 is 17.6 Å². The van der Waals surface area contributed by atoms with E-state index >= 15 is 0 Å². The third-order valence-electron chi connectivity index (χ3n) is 2.34. The Morgan fingerprint density at radius 1 is 1.53 bits per heavy atom. The summed E-state index contributed by atoms with van der Waals surface area (Å²) in [6.45, 7) is 5.21. The summed E-state index contributed by atoms with van der Waals surface area (Å²) >= 11 is 5.68. The quantitative estimate of drug-likeness (QED) is 0.458. The van der Waals surface area contributed by atoms with Crippen molar-refractivity contribution in [2.24, 2.45) is 5.92 Å². The maximum Gasteiger partial charge on any atom is 0.303 e. The Morgan fingerprint density at radius 2 is 2.07 bits per heavy atom. The Hall–Kier alpha value is 1.21. The predicted octanol–water partition coefficient (Wildman–Crippen LogP) is 4.15. The number of carbonyl (C=O) groups is 1. The van der Waals surface area contributed by atoms with Crippen LogP contribution in [-0.4, -0.2) is 22.8 Å². The van der Waals surface area contributed by atoms with E-state index in [2.05, 4.69) is 37.2 Å². The molecule has 1 heterocycles. The van der Waals surface area contributed by atoms with Crippen LogP contribution in [0.3, 0.4) is 0 Å². The summed E-state index contributed by atoms with van der Waals surface area (Å²) in [6.07, 6.45) is -0.0943. The van der Waals surface area contributed by atoms with Crippen LogP contribution in [0.4, 0.5) is 4.39 Å². The van der Waals surface area contributed by atoms with Crippen molar-refractivity contribution in [2.75, 3.05) is 0 Å². The molecule has 0 spiro atoms. The average molecular weight is 460 g/mol. The van der Waals surface area contributed by atoms with Gasteiger partial charge in [0.15, 0.2) is 11.6 Å². The minimum Gasteiger partial charge on any atom is -0.448 e. The third kappa shape index (κ3) is 4.93. The molecule has 0 aromatic heterocycles. The van der Waals surface area contributed by atoms with Crippen LogP contribution >= 0.6 is 49.0 Å². The van der Waals surface area contributed by atoms with Crippen molar-refractivity contribution in [1.29, 1.82) is 0 Å². The molecule has 6 heteroatoms. The molecule has 15 heavy (non-hydrogen) atoms. The molecule has 0 bridgehead atoms. The molecule has 0 saturated carbocycles. The van der Waals surface area contributed by atoms with E-state index in [-0.39, 0.29) is 11.2 Å². The molecule has 4 atom stereocenters. The lowest BCUT2D eigenvalue weighted by Crippen LogP contribution is -2.24. The summed E-state index contributed by atoms with van der Waals surface area (Å²) in [4.78, 5) is 10.6. The smallest absolute Gasteiger partial charge is 0.303 e. The van der Waals surface area contributed by atoms with Crippen LogP contribution in [0.1, 0.15) is 27.2 Å². The highest BCUT2D eigenvalue weighted by Crippen LogP contribution is 2.42. The Kier molecular flexibility index (Phi) is 8.99. The van der Waals surface area contributed by atoms with Gasteiger partial charge in [-0.3, -0.25) is 4.79 Å². The van der Waals surface area contributed by atoms with Crippen molar-refractivity contribution >= 4 is 55.0 Å². The number of hydrogen-bond donors (Lipinski definition) is 0. The summed E-state index contributed by atoms with van der Waals surface area (Å²) in [5, 5.41) is 0.277. The highest BCUT2D eigenvalue weighted by molar-refractivity contribution is 15.0. The number of esters is 1. The molecular weight excluding hydrogens is 445 g/mol. The highest BCUT2D eigenvalue weighted by atomic mass is 128. The van der Waals surface area contributed by atoms with Crippen molar-refractivity contribution in [3.05, 3.63) is 0 Å². The fourth-order valence-corrected chi connectivity index (χ4v) is 3.07. The summed E-state index contributed by atoms with van der Waals surface area (Å²) in [5.74, 6) is -0.413. The second-order valence-corrected chi connectivity index (χ2v) is 4.71. The number of halogens is 3. The number of rotatable bonds is 2. The fraction of sp³-hybridized carbons (Fsp3) is 0.889. The molecule has 1 aliphatic rings. The number of carbonyl (C=O) groups excluding carboxylic acids is 1. The van der Waals surface area contributed by atoms with Gasteiger partial charge in [0.05, 0.1) is 0 Å². The zero-order valence-corrected chi connectivity index (χ0v) is 14.0. The fourth-order valence-electron chi connectivity index (χ4n) is 1.55. The van der Waals surface area contributed by atoms with E-state index in [4.69, 9.17) is 4.74 Å². The van der Waals surface area contributed by atoms with Crippen LogP contribution < -0.4 is 0 Å². The number of thioether (sulfide) groups is 1. The second kappa shape index (κ2) is 8.32. The van der Waals surface area contributed by atoms with Crippen LogP contribution in [0.2, 0.25) is 0 Å². The van der Waals surface area contributed by atoms with Gasteiger partial charge in [-0.1, -0.05) is 13.8 Å². The van der Waals surface area contributed by atoms with Gasteiger partial charge in [0.25, 0.3) is 0 Å². The van der Waals surface area contributed by atoms with Crippen LogP contribution in [-0.2, 0) is 9.53 Å². The molecule has 1 aliphatic heterocycles. The average Bonchev–Trinajstić information content (AvgIpc) is 2.48. The van der Waals surface area contributed by atoms with E-state index in [1.165, 1.54) is 18.7 Å². The first-order valence-electron chi connectivity index (χ1n) is 4.67. The van der Waals surface area contributed by atoms with E-state index in [0.29, 0.717) is 0 Å². The predicted molar refractivity (Wildman–Crippen MR) is 79.3 cm³/mol. The molecule has 0 N–H and O–H groups in total. The van der Waals surface area contributed by atoms with Gasteiger partial charge < -0.3 is 4.74 Å². The Labute approximate surface area is 118 Å². The van der Waals surface area contributed by atoms with Crippen molar-refractivity contribution in [2.45, 2.75) is 44.0 Å². The summed E-state index contributed by atoms with van der Waals surface area (Å²) < 4.78 is 18.4. The van der Waals surface area contributed by atoms with Gasteiger partial charge >= 0.3 is 5.97 Å². The molecule has 0 aliphatic carbocycles. The van der Waals surface area contributed by atoms with E-state index in [0.717, 1.165) is 6.42 Å². The van der Waals surface area contributed by atoms with E-state index in [1.54, 1.807) is 0 Å². The molecule has 0 aromatic carbocycles. The maximum absolute atomic E-state index is 13.5. The molecule has 0 radical (unpaired) electrons. The van der Waals surface area contributed by atoms with Crippen molar-refractivity contribution in [3.8, 4) is 0 Å². The zero-order valence-electron chi connectivity index (χ0n) is 8.88. The van der Waals surface area contributed by atoms with Crippen LogP contribution in [0.5, 0.6) is 0 Å². The Balaban J connectivity index is 0.000000921. The van der Waals surface area contributed by atoms with Gasteiger partial charge in [0.2, 0.25) is 0 Å². The summed E-state index contributed by atoms with van der Waals surface area (Å²) in [6, 6.07) is 0. The molecule has 0 amide bonds. The number of ether oxygens (including phenoxy) is 1. The largest absolute Gasteiger partial charge is 0.448 e. The van der Waals surface area contributed by atoms with Crippen molar-refractivity contribution in [1.82, 2.24) is 0 Å². The molecule has 1 fully saturated rings. The molecular formula is C9H15FI2O2S. The molecule has 2 nitrogen and oxygen atoms in total. The van der Waals surface area contributed by atoms with Crippen LogP contribution in [0, 0.1) is 5.92 Å². The first kappa shape index (κ1) is 16.2. The number of alkyl halides is 1. The SMILES string of the molecule is CC[C@H]1SC(OC(C)=O)[C@@H](F)[C@@H]1C.II. The minimum atomic E-state index is -1.01. The molecule has 1 rings (SSSR count). The van der Waals surface area contributed by atoms with Crippen molar-refractivity contribution < 1.29 is 13.9 Å². The minimum absolute atomic E-state index is 0.0145. The second-order valence-electron chi connectivity index (χ2n) is 3.36. The number of hydrogen-bond acceptors (Lipinski definition) is 3. The molecule has 1 saturated heterocycles. The topological polar surface area (TPSA) is 26.3 Å². The zero-order chi connectivity index (χ0) is 12.0. The standard InChI is InChI=1S/C9H15FO2S.I2/c1-4-7-5(2)8(10)9(13-7)12-6(3)11;1-2/h5,7-9H,4H2,1-3H3;/t5-,7-,8+,9?;/m1./s1.